The van der Waals surface area contributed by atoms with Gasteiger partial charge in [-0.2, -0.15) is 31.4 Å². The first kappa shape index (κ1) is 28.3. The Hall–Kier alpha value is -4.25. The summed E-state index contributed by atoms with van der Waals surface area (Å²) >= 11 is 0. The number of hydrogen-bond donors (Lipinski definition) is 2. The van der Waals surface area contributed by atoms with Crippen LogP contribution in [-0.2, 0) is 26.7 Å². The molecule has 1 aliphatic rings. The van der Waals surface area contributed by atoms with E-state index in [4.69, 9.17) is 0 Å². The summed E-state index contributed by atoms with van der Waals surface area (Å²) in [5.74, 6) is -2.95. The van der Waals surface area contributed by atoms with Gasteiger partial charge in [0.25, 0.3) is 11.5 Å². The summed E-state index contributed by atoms with van der Waals surface area (Å²) in [7, 11) is 0.967. The normalized spacial score (nSPS) is 15.1. The van der Waals surface area contributed by atoms with E-state index in [-0.39, 0.29) is 38.2 Å². The quantitative estimate of drug-likeness (QED) is 0.389. The number of nitrogens with one attached hydrogen (secondary N) is 2. The van der Waals surface area contributed by atoms with Gasteiger partial charge in [-0.25, -0.2) is 19.9 Å². The molecule has 2 aromatic rings. The molecular formula is C20H19F6N7O5. The molecule has 0 spiro atoms. The zero-order valence-electron chi connectivity index (χ0n) is 19.4. The molecule has 38 heavy (non-hydrogen) atoms. The summed E-state index contributed by atoms with van der Waals surface area (Å²) in [5.41, 5.74) is -5.13. The molecule has 0 saturated carbocycles. The van der Waals surface area contributed by atoms with Gasteiger partial charge in [-0.15, -0.1) is 0 Å². The number of esters is 1. The molecule has 206 valence electrons. The van der Waals surface area contributed by atoms with Gasteiger partial charge in [-0.1, -0.05) is 0 Å². The lowest BCUT2D eigenvalue weighted by molar-refractivity contribution is -0.146. The van der Waals surface area contributed by atoms with Crippen LogP contribution in [0.1, 0.15) is 28.0 Å². The Morgan fingerprint density at radius 3 is 2.18 bits per heavy atom. The largest absolute Gasteiger partial charge is 0.467 e. The molecule has 1 aliphatic heterocycles. The van der Waals surface area contributed by atoms with Gasteiger partial charge < -0.3 is 19.9 Å². The summed E-state index contributed by atoms with van der Waals surface area (Å²) in [4.78, 5) is 58.9. The van der Waals surface area contributed by atoms with Crippen LogP contribution in [0.2, 0.25) is 0 Å². The van der Waals surface area contributed by atoms with Crippen molar-refractivity contribution in [2.24, 2.45) is 0 Å². The van der Waals surface area contributed by atoms with E-state index in [0.717, 1.165) is 7.11 Å². The molecule has 1 saturated heterocycles. The van der Waals surface area contributed by atoms with Crippen molar-refractivity contribution < 1.29 is 45.5 Å². The molecule has 3 rings (SSSR count). The fourth-order valence-corrected chi connectivity index (χ4v) is 3.39. The standard InChI is InChI=1S/C20H19F6N7O5/c1-38-17(37)13(29-16(36)12-6-11(20(24,25)26)15(35)31-30-12)7-14(34)32-2-4-33(5-3-32)18-27-8-10(9-28-18)19(21,22)23/h6,8-9,13H,2-5,7H2,1H3,(H,29,36)(H,31,35)/t13-/m0/s1. The summed E-state index contributed by atoms with van der Waals surface area (Å²) in [6, 6.07) is -1.40. The van der Waals surface area contributed by atoms with Crippen LogP contribution < -0.4 is 15.8 Å². The van der Waals surface area contributed by atoms with Crippen LogP contribution in [0.3, 0.4) is 0 Å². The molecule has 0 unspecified atom stereocenters. The minimum absolute atomic E-state index is 0.0245. The van der Waals surface area contributed by atoms with E-state index in [9.17, 15) is 45.5 Å². The molecule has 2 N–H and O–H groups in total. The summed E-state index contributed by atoms with van der Waals surface area (Å²) in [6.07, 6.45) is -9.01. The van der Waals surface area contributed by atoms with Gasteiger partial charge in [0.1, 0.15) is 17.3 Å². The Bertz CT molecular complexity index is 1240. The molecular weight excluding hydrogens is 532 g/mol. The highest BCUT2D eigenvalue weighted by Crippen LogP contribution is 2.28. The number of rotatable bonds is 6. The number of ether oxygens (including phenoxy) is 1. The van der Waals surface area contributed by atoms with Crippen molar-refractivity contribution in [3.05, 3.63) is 45.6 Å². The fourth-order valence-electron chi connectivity index (χ4n) is 3.39. The third-order valence-corrected chi connectivity index (χ3v) is 5.39. The van der Waals surface area contributed by atoms with Gasteiger partial charge >= 0.3 is 18.3 Å². The van der Waals surface area contributed by atoms with Gasteiger partial charge in [0, 0.05) is 38.6 Å². The number of hydrogen-bond acceptors (Lipinski definition) is 9. The van der Waals surface area contributed by atoms with Crippen LogP contribution in [0.5, 0.6) is 0 Å². The topological polar surface area (TPSA) is 150 Å². The van der Waals surface area contributed by atoms with Crippen molar-refractivity contribution in [3.63, 3.8) is 0 Å². The van der Waals surface area contributed by atoms with Crippen LogP contribution in [0.15, 0.2) is 23.3 Å². The van der Waals surface area contributed by atoms with E-state index in [1.165, 1.54) is 4.90 Å². The summed E-state index contributed by atoms with van der Waals surface area (Å²) < 4.78 is 81.5. The average Bonchev–Trinajstić information content (AvgIpc) is 2.87. The highest BCUT2D eigenvalue weighted by Gasteiger charge is 2.36. The molecule has 0 bridgehead atoms. The Balaban J connectivity index is 1.63. The van der Waals surface area contributed by atoms with Gasteiger partial charge in [-0.05, 0) is 6.07 Å². The number of methoxy groups -OCH3 is 1. The number of halogens is 6. The second-order valence-electron chi connectivity index (χ2n) is 7.88. The lowest BCUT2D eigenvalue weighted by Gasteiger charge is -2.35. The number of carbonyl (C=O) groups is 3. The number of H-pyrrole nitrogens is 1. The Labute approximate surface area is 209 Å². The van der Waals surface area contributed by atoms with E-state index in [1.54, 1.807) is 10.00 Å². The Morgan fingerprint density at radius 1 is 1.05 bits per heavy atom. The first-order chi connectivity index (χ1) is 17.7. The molecule has 1 fully saturated rings. The van der Waals surface area contributed by atoms with Crippen LogP contribution in [0.25, 0.3) is 0 Å². The van der Waals surface area contributed by atoms with Crippen molar-refractivity contribution in [3.8, 4) is 0 Å². The molecule has 12 nitrogen and oxygen atoms in total. The number of piperazine rings is 1. The highest BCUT2D eigenvalue weighted by atomic mass is 19.4. The second-order valence-corrected chi connectivity index (χ2v) is 7.88. The maximum atomic E-state index is 13.0. The zero-order chi connectivity index (χ0) is 28.3. The van der Waals surface area contributed by atoms with Gasteiger partial charge in [-0.3, -0.25) is 14.4 Å². The van der Waals surface area contributed by atoms with Gasteiger partial charge in [0.15, 0.2) is 0 Å². The minimum atomic E-state index is -5.07. The lowest BCUT2D eigenvalue weighted by Crippen LogP contribution is -2.52. The number of aromatic amines is 1. The van der Waals surface area contributed by atoms with Crippen molar-refractivity contribution in [1.29, 1.82) is 0 Å². The third-order valence-electron chi connectivity index (χ3n) is 5.39. The lowest BCUT2D eigenvalue weighted by atomic mass is 10.1. The minimum Gasteiger partial charge on any atom is -0.467 e. The second kappa shape index (κ2) is 11.0. The summed E-state index contributed by atoms with van der Waals surface area (Å²) in [5, 5.41) is 6.85. The van der Waals surface area contributed by atoms with Crippen LogP contribution >= 0.6 is 0 Å². The molecule has 2 aromatic heterocycles. The number of aromatic nitrogens is 4. The van der Waals surface area contributed by atoms with E-state index in [1.807, 2.05) is 0 Å². The fraction of sp³-hybridized carbons (Fsp3) is 0.450. The SMILES string of the molecule is COC(=O)[C@H](CC(=O)N1CCN(c2ncc(C(F)(F)F)cn2)CC1)NC(=O)c1cc(C(F)(F)F)c(=O)[nH]n1. The molecule has 0 aliphatic carbocycles. The molecule has 3 heterocycles. The van der Waals surface area contributed by atoms with E-state index < -0.39 is 65.0 Å². The van der Waals surface area contributed by atoms with Crippen molar-refractivity contribution >= 4 is 23.7 Å². The Kier molecular flexibility index (Phi) is 8.21. The number of carbonyl (C=O) groups excluding carboxylic acids is 3. The van der Waals surface area contributed by atoms with Crippen molar-refractivity contribution in [1.82, 2.24) is 30.4 Å². The van der Waals surface area contributed by atoms with Crippen LogP contribution in [0.4, 0.5) is 32.3 Å². The molecule has 2 amide bonds. The van der Waals surface area contributed by atoms with E-state index in [0.29, 0.717) is 12.4 Å². The zero-order valence-corrected chi connectivity index (χ0v) is 19.4. The predicted octanol–water partition coefficient (Wildman–Crippen LogP) is 0.608. The predicted molar refractivity (Wildman–Crippen MR) is 114 cm³/mol. The molecule has 0 radical (unpaired) electrons. The van der Waals surface area contributed by atoms with E-state index in [2.05, 4.69) is 25.1 Å². The number of nitrogens with zero attached hydrogens (tertiary/aromatic N) is 5. The number of anilines is 1. The highest BCUT2D eigenvalue weighted by molar-refractivity contribution is 5.96. The first-order valence-corrected chi connectivity index (χ1v) is 10.7. The molecule has 18 heteroatoms. The first-order valence-electron chi connectivity index (χ1n) is 10.7. The number of amides is 2. The third kappa shape index (κ3) is 6.74. The molecule has 1 atom stereocenters. The smallest absolute Gasteiger partial charge is 0.421 e. The van der Waals surface area contributed by atoms with Crippen LogP contribution in [-0.4, -0.2) is 82.2 Å². The van der Waals surface area contributed by atoms with Crippen molar-refractivity contribution in [2.75, 3.05) is 38.2 Å². The monoisotopic (exact) mass is 551 g/mol. The van der Waals surface area contributed by atoms with Gasteiger partial charge in [0.05, 0.1) is 19.1 Å². The van der Waals surface area contributed by atoms with Gasteiger partial charge in [0.2, 0.25) is 11.9 Å². The van der Waals surface area contributed by atoms with Crippen molar-refractivity contribution in [2.45, 2.75) is 24.8 Å². The maximum absolute atomic E-state index is 13.0. The maximum Gasteiger partial charge on any atom is 0.421 e. The summed E-state index contributed by atoms with van der Waals surface area (Å²) in [6.45, 7) is 0.435. The Morgan fingerprint density at radius 2 is 1.66 bits per heavy atom. The van der Waals surface area contributed by atoms with E-state index >= 15 is 0 Å². The number of alkyl halides is 6. The molecule has 0 aromatic carbocycles. The average molecular weight is 551 g/mol. The van der Waals surface area contributed by atoms with Crippen LogP contribution in [0, 0.1) is 0 Å².